The van der Waals surface area contributed by atoms with Crippen LogP contribution < -0.4 is 4.74 Å². The van der Waals surface area contributed by atoms with Crippen molar-refractivity contribution in [2.75, 3.05) is 51.8 Å². The molecule has 2 atom stereocenters. The van der Waals surface area contributed by atoms with Crippen molar-refractivity contribution in [2.45, 2.75) is 25.9 Å². The molecule has 0 radical (unpaired) electrons. The van der Waals surface area contributed by atoms with Crippen LogP contribution in [0.4, 0.5) is 4.79 Å². The third-order valence-corrected chi connectivity index (χ3v) is 7.08. The van der Waals surface area contributed by atoms with Gasteiger partial charge >= 0.3 is 6.03 Å². The molecule has 2 heterocycles. The molecule has 0 aliphatic carbocycles. The summed E-state index contributed by atoms with van der Waals surface area (Å²) in [5.41, 5.74) is 2.29. The Hall–Kier alpha value is -1.80. The minimum Gasteiger partial charge on any atom is -0.492 e. The van der Waals surface area contributed by atoms with Crippen molar-refractivity contribution in [3.63, 3.8) is 0 Å². The molecule has 0 saturated carbocycles. The minimum absolute atomic E-state index is 0.0473. The number of fused-ring (bicyclic) bond motifs is 1. The number of hydrogen-bond acceptors (Lipinski definition) is 5. The van der Waals surface area contributed by atoms with E-state index in [9.17, 15) is 13.2 Å². The lowest BCUT2D eigenvalue weighted by Gasteiger charge is -2.44. The lowest BCUT2D eigenvalue weighted by atomic mass is 10.1. The van der Waals surface area contributed by atoms with E-state index in [0.29, 0.717) is 26.2 Å². The Morgan fingerprint density at radius 1 is 1.19 bits per heavy atom. The van der Waals surface area contributed by atoms with Crippen molar-refractivity contribution in [3.8, 4) is 5.75 Å². The second-order valence-corrected chi connectivity index (χ2v) is 9.89. The van der Waals surface area contributed by atoms with Crippen LogP contribution in [0.2, 0.25) is 0 Å². The number of sulfone groups is 1. The van der Waals surface area contributed by atoms with Crippen molar-refractivity contribution >= 4 is 15.9 Å². The first-order valence-electron chi connectivity index (χ1n) is 9.30. The van der Waals surface area contributed by atoms with E-state index in [-0.39, 0.29) is 29.6 Å². The number of nitrogens with zero attached hydrogens (tertiary/aromatic N) is 3. The Labute approximate surface area is 161 Å². The summed E-state index contributed by atoms with van der Waals surface area (Å²) in [4.78, 5) is 17.8. The van der Waals surface area contributed by atoms with Gasteiger partial charge in [0.2, 0.25) is 0 Å². The van der Waals surface area contributed by atoms with Gasteiger partial charge in [0.15, 0.2) is 9.84 Å². The summed E-state index contributed by atoms with van der Waals surface area (Å²) in [6.07, 6.45) is 0. The fourth-order valence-electron chi connectivity index (χ4n) is 4.03. The van der Waals surface area contributed by atoms with Crippen LogP contribution >= 0.6 is 0 Å². The maximum atomic E-state index is 12.4. The molecule has 2 fully saturated rings. The van der Waals surface area contributed by atoms with Gasteiger partial charge in [-0.2, -0.15) is 0 Å². The number of urea groups is 1. The number of piperazine rings is 1. The van der Waals surface area contributed by atoms with E-state index in [4.69, 9.17) is 4.74 Å². The Morgan fingerprint density at radius 2 is 1.89 bits per heavy atom. The van der Waals surface area contributed by atoms with Crippen molar-refractivity contribution in [1.29, 1.82) is 0 Å². The summed E-state index contributed by atoms with van der Waals surface area (Å²) in [7, 11) is 0.261. The highest BCUT2D eigenvalue weighted by Gasteiger charge is 2.48. The van der Waals surface area contributed by atoms with Crippen LogP contribution in [0.5, 0.6) is 5.75 Å². The molecule has 7 nitrogen and oxygen atoms in total. The lowest BCUT2D eigenvalue weighted by molar-refractivity contribution is 0.0487. The second-order valence-electron chi connectivity index (χ2n) is 7.74. The maximum absolute atomic E-state index is 12.4. The Balaban J connectivity index is 1.66. The van der Waals surface area contributed by atoms with Crippen LogP contribution in [-0.4, -0.2) is 93.1 Å². The number of benzene rings is 1. The first-order chi connectivity index (χ1) is 12.7. The van der Waals surface area contributed by atoms with Gasteiger partial charge in [0, 0.05) is 39.8 Å². The average Bonchev–Trinajstić information content (AvgIpc) is 2.91. The molecule has 0 unspecified atom stereocenters. The number of rotatable bonds is 4. The van der Waals surface area contributed by atoms with Gasteiger partial charge in [0.25, 0.3) is 0 Å². The zero-order valence-electron chi connectivity index (χ0n) is 16.5. The van der Waals surface area contributed by atoms with Crippen LogP contribution in [0.25, 0.3) is 0 Å². The number of carbonyl (C=O) groups excluding carboxylic acids is 1. The quantitative estimate of drug-likeness (QED) is 0.765. The van der Waals surface area contributed by atoms with E-state index >= 15 is 0 Å². The van der Waals surface area contributed by atoms with Crippen molar-refractivity contribution < 1.29 is 17.9 Å². The summed E-state index contributed by atoms with van der Waals surface area (Å²) in [6.45, 7) is 6.41. The molecule has 2 saturated heterocycles. The van der Waals surface area contributed by atoms with Crippen LogP contribution in [0, 0.1) is 13.8 Å². The molecule has 0 spiro atoms. The van der Waals surface area contributed by atoms with Crippen LogP contribution in [0.15, 0.2) is 18.2 Å². The largest absolute Gasteiger partial charge is 0.492 e. The molecule has 0 N–H and O–H groups in total. The number of carbonyl (C=O) groups is 1. The smallest absolute Gasteiger partial charge is 0.319 e. The Kier molecular flexibility index (Phi) is 5.67. The monoisotopic (exact) mass is 395 g/mol. The van der Waals surface area contributed by atoms with Gasteiger partial charge < -0.3 is 14.5 Å². The van der Waals surface area contributed by atoms with E-state index in [1.165, 1.54) is 10.5 Å². The molecule has 2 aliphatic rings. The molecule has 1 aromatic rings. The Bertz CT molecular complexity index is 809. The van der Waals surface area contributed by atoms with Crippen molar-refractivity contribution in [3.05, 3.63) is 29.3 Å². The van der Waals surface area contributed by atoms with Crippen LogP contribution in [0.1, 0.15) is 11.1 Å². The van der Waals surface area contributed by atoms with Gasteiger partial charge in [-0.25, -0.2) is 13.2 Å². The van der Waals surface area contributed by atoms with E-state index in [1.54, 1.807) is 19.0 Å². The van der Waals surface area contributed by atoms with Crippen molar-refractivity contribution in [2.24, 2.45) is 0 Å². The predicted octanol–water partition coefficient (Wildman–Crippen LogP) is 1.15. The highest BCUT2D eigenvalue weighted by molar-refractivity contribution is 7.91. The van der Waals surface area contributed by atoms with Crippen LogP contribution in [0.3, 0.4) is 0 Å². The normalized spacial score (nSPS) is 24.5. The molecule has 3 rings (SSSR count). The number of amides is 2. The molecule has 1 aromatic carbocycles. The van der Waals surface area contributed by atoms with E-state index < -0.39 is 9.84 Å². The molecule has 2 aliphatic heterocycles. The molecule has 150 valence electrons. The second kappa shape index (κ2) is 7.67. The predicted molar refractivity (Wildman–Crippen MR) is 105 cm³/mol. The topological polar surface area (TPSA) is 70.2 Å². The summed E-state index contributed by atoms with van der Waals surface area (Å²) >= 11 is 0. The zero-order valence-corrected chi connectivity index (χ0v) is 17.3. The fourth-order valence-corrected chi connectivity index (χ4v) is 6.04. The van der Waals surface area contributed by atoms with Gasteiger partial charge in [-0.3, -0.25) is 4.90 Å². The molecular weight excluding hydrogens is 366 g/mol. The average molecular weight is 396 g/mol. The standard InChI is InChI=1S/C19H29N3O4S/c1-14-5-6-18(15(2)11-14)26-10-9-21-7-8-22(19(23)20(3)4)17-13-27(24,25)12-16(17)21/h5-6,11,16-17H,7-10,12-13H2,1-4H3/t16-,17+/m0/s1. The van der Waals surface area contributed by atoms with E-state index in [1.807, 2.05) is 26.0 Å². The number of ether oxygens (including phenoxy) is 1. The first-order valence-corrected chi connectivity index (χ1v) is 11.1. The third-order valence-electron chi connectivity index (χ3n) is 5.39. The van der Waals surface area contributed by atoms with Crippen molar-refractivity contribution in [1.82, 2.24) is 14.7 Å². The molecule has 8 heteroatoms. The highest BCUT2D eigenvalue weighted by Crippen LogP contribution is 2.27. The van der Waals surface area contributed by atoms with Gasteiger partial charge in [-0.1, -0.05) is 17.7 Å². The van der Waals surface area contributed by atoms with E-state index in [2.05, 4.69) is 11.0 Å². The maximum Gasteiger partial charge on any atom is 0.319 e. The lowest BCUT2D eigenvalue weighted by Crippen LogP contribution is -2.62. The molecule has 27 heavy (non-hydrogen) atoms. The van der Waals surface area contributed by atoms with Gasteiger partial charge in [-0.15, -0.1) is 0 Å². The van der Waals surface area contributed by atoms with Gasteiger partial charge in [-0.05, 0) is 25.5 Å². The van der Waals surface area contributed by atoms with Gasteiger partial charge in [0.1, 0.15) is 12.4 Å². The first kappa shape index (κ1) is 19.9. The van der Waals surface area contributed by atoms with Gasteiger partial charge in [0.05, 0.1) is 17.5 Å². The molecular formula is C19H29N3O4S. The minimum atomic E-state index is -3.14. The van der Waals surface area contributed by atoms with E-state index in [0.717, 1.165) is 11.3 Å². The SMILES string of the molecule is Cc1ccc(OCCN2CCN(C(=O)N(C)C)[C@@H]3CS(=O)(=O)C[C@@H]32)c(C)c1. The summed E-state index contributed by atoms with van der Waals surface area (Å²) in [5.74, 6) is 1.02. The molecule has 0 bridgehead atoms. The van der Waals surface area contributed by atoms with Crippen LogP contribution in [-0.2, 0) is 9.84 Å². The third kappa shape index (κ3) is 4.38. The molecule has 2 amide bonds. The fraction of sp³-hybridized carbons (Fsp3) is 0.632. The molecule has 0 aromatic heterocycles. The zero-order chi connectivity index (χ0) is 19.8. The Morgan fingerprint density at radius 3 is 2.56 bits per heavy atom. The summed E-state index contributed by atoms with van der Waals surface area (Å²) in [5, 5.41) is 0. The highest BCUT2D eigenvalue weighted by atomic mass is 32.2. The number of aryl methyl sites for hydroxylation is 2. The number of hydrogen-bond donors (Lipinski definition) is 0. The summed E-state index contributed by atoms with van der Waals surface area (Å²) in [6, 6.07) is 5.53. The summed E-state index contributed by atoms with van der Waals surface area (Å²) < 4.78 is 30.4.